The number of fused-ring (bicyclic) bond motifs is 4. The van der Waals surface area contributed by atoms with E-state index in [4.69, 9.17) is 28.4 Å². The highest BCUT2D eigenvalue weighted by molar-refractivity contribution is 6.29. The summed E-state index contributed by atoms with van der Waals surface area (Å²) in [6.45, 7) is 3.55. The minimum Gasteiger partial charge on any atom is -0.493 e. The van der Waals surface area contributed by atoms with Crippen LogP contribution in [0.5, 0.6) is 23.0 Å². The second-order valence-corrected chi connectivity index (χ2v) is 22.3. The number of likely N-dealkylation sites (tertiary alicyclic amines) is 2. The number of ether oxygens (including phenoxy) is 6. The maximum Gasteiger partial charge on any atom is 0.417 e. The third kappa shape index (κ3) is 13.4. The summed E-state index contributed by atoms with van der Waals surface area (Å²) >= 11 is 0. The van der Waals surface area contributed by atoms with Crippen LogP contribution in [-0.2, 0) is 43.1 Å². The highest BCUT2D eigenvalue weighted by atomic mass is 16.6. The van der Waals surface area contributed by atoms with Gasteiger partial charge in [0.25, 0.3) is 0 Å². The summed E-state index contributed by atoms with van der Waals surface area (Å²) < 4.78 is 37.1. The molecule has 0 saturated carbocycles. The van der Waals surface area contributed by atoms with Crippen molar-refractivity contribution < 1.29 is 48.2 Å². The van der Waals surface area contributed by atoms with E-state index in [0.717, 1.165) is 78.8 Å². The molecule has 8 aromatic carbocycles. The number of hydrogen-bond acceptors (Lipinski definition) is 12. The molecule has 0 aliphatic carbocycles. The maximum absolute atomic E-state index is 14.1. The van der Waals surface area contributed by atoms with Gasteiger partial charge in [0.05, 0.1) is 24.4 Å². The maximum atomic E-state index is 14.1. The molecule has 0 amide bonds. The average Bonchev–Trinajstić information content (AvgIpc) is 4.09. The molecule has 2 aromatic heterocycles. The number of nitrogens with zero attached hydrogens (tertiary/aromatic N) is 2. The van der Waals surface area contributed by atoms with Gasteiger partial charge in [-0.15, -0.1) is 0 Å². The molecule has 2 atom stereocenters. The molecule has 0 radical (unpaired) electrons. The van der Waals surface area contributed by atoms with Crippen LogP contribution in [0.4, 0.5) is 0 Å². The van der Waals surface area contributed by atoms with Crippen molar-refractivity contribution in [2.45, 2.75) is 61.9 Å². The van der Waals surface area contributed by atoms with Crippen molar-refractivity contribution in [3.05, 3.63) is 217 Å². The number of carbonyl (C=O) groups is 2. The molecule has 10 aromatic rings. The number of rotatable bonds is 22. The van der Waals surface area contributed by atoms with Crippen LogP contribution >= 0.6 is 0 Å². The molecule has 0 unspecified atom stereocenters. The van der Waals surface area contributed by atoms with E-state index in [1.165, 1.54) is 11.1 Å². The molecule has 2 fully saturated rings. The minimum absolute atomic E-state index is 0.0432. The van der Waals surface area contributed by atoms with E-state index in [0.29, 0.717) is 76.6 Å². The summed E-state index contributed by atoms with van der Waals surface area (Å²) in [5, 5.41) is 30.1. The van der Waals surface area contributed by atoms with E-state index in [1.54, 1.807) is 0 Å². The zero-order valence-corrected chi connectivity index (χ0v) is 47.0. The average molecular weight is 1130 g/mol. The zero-order chi connectivity index (χ0) is 57.3. The lowest BCUT2D eigenvalue weighted by Gasteiger charge is -2.39. The van der Waals surface area contributed by atoms with E-state index in [-0.39, 0.29) is 26.3 Å². The van der Waals surface area contributed by atoms with Crippen LogP contribution in [0.3, 0.4) is 0 Å². The Balaban J connectivity index is 0.691. The topological polar surface area (TPSA) is 168 Å². The van der Waals surface area contributed by atoms with Crippen LogP contribution < -0.4 is 18.9 Å². The number of benzene rings is 8. The van der Waals surface area contributed by atoms with Crippen molar-refractivity contribution in [2.75, 3.05) is 65.7 Å². The van der Waals surface area contributed by atoms with Gasteiger partial charge >= 0.3 is 11.9 Å². The number of H-pyrrole nitrogens is 2. The first-order chi connectivity index (χ1) is 41.1. The molecule has 4 heterocycles. The lowest BCUT2D eigenvalue weighted by atomic mass is 9.83. The Morgan fingerprint density at radius 1 is 0.452 bits per heavy atom. The van der Waals surface area contributed by atoms with Crippen LogP contribution in [-0.4, -0.2) is 120 Å². The number of aromatic nitrogens is 2. The predicted molar refractivity (Wildman–Crippen MR) is 326 cm³/mol. The van der Waals surface area contributed by atoms with Gasteiger partial charge in [-0.2, -0.15) is 0 Å². The van der Waals surface area contributed by atoms with E-state index < -0.39 is 35.3 Å². The Kier molecular flexibility index (Phi) is 16.9. The molecule has 12 rings (SSSR count). The van der Waals surface area contributed by atoms with Crippen LogP contribution in [0, 0.1) is 0 Å². The van der Waals surface area contributed by atoms with Gasteiger partial charge in [-0.3, -0.25) is 9.80 Å². The first kappa shape index (κ1) is 55.9. The van der Waals surface area contributed by atoms with Gasteiger partial charge in [-0.25, -0.2) is 9.59 Å². The van der Waals surface area contributed by atoms with Crippen LogP contribution in [0.15, 0.2) is 194 Å². The van der Waals surface area contributed by atoms with E-state index in [2.05, 4.69) is 56.2 Å². The number of hydrogen-bond donors (Lipinski definition) is 4. The van der Waals surface area contributed by atoms with Crippen molar-refractivity contribution in [2.24, 2.45) is 0 Å². The molecule has 2 saturated heterocycles. The Bertz CT molecular complexity index is 3600. The van der Waals surface area contributed by atoms with Gasteiger partial charge in [-0.05, 0) is 142 Å². The number of carbonyl (C=O) groups excluding carboxylic acids is 2. The van der Waals surface area contributed by atoms with E-state index in [1.807, 2.05) is 158 Å². The van der Waals surface area contributed by atoms with Crippen LogP contribution in [0.2, 0.25) is 0 Å². The van der Waals surface area contributed by atoms with Crippen LogP contribution in [0.1, 0.15) is 47.9 Å². The summed E-state index contributed by atoms with van der Waals surface area (Å²) in [5.41, 5.74) is 3.75. The van der Waals surface area contributed by atoms with Crippen molar-refractivity contribution in [3.63, 3.8) is 0 Å². The highest BCUT2D eigenvalue weighted by Crippen LogP contribution is 2.38. The van der Waals surface area contributed by atoms with Gasteiger partial charge in [0.1, 0.15) is 48.4 Å². The highest BCUT2D eigenvalue weighted by Gasteiger charge is 2.38. The number of esters is 2. The summed E-state index contributed by atoms with van der Waals surface area (Å²) in [4.78, 5) is 38.8. The third-order valence-corrected chi connectivity index (χ3v) is 16.7. The molecule has 430 valence electrons. The molecule has 0 bridgehead atoms. The van der Waals surface area contributed by atoms with Crippen molar-refractivity contribution in [1.29, 1.82) is 0 Å². The SMILES string of the molecule is O=C(O[C@H](COc1cccc2[nH]ccc12)CN1CCC(O)(c2ccc3cc(OCCc4ccccc4)ccc3c2)CC1)C(=O)O[C@H](COc1cccc2[nH]ccc12)CN1CCC(O)(c2ccc3cc(OCCc4ccccc4)ccc3c2)CC1. The Labute approximate surface area is 488 Å². The normalized spacial score (nSPS) is 16.1. The lowest BCUT2D eigenvalue weighted by molar-refractivity contribution is -0.177. The quantitative estimate of drug-likeness (QED) is 0.0375. The molecular formula is C70H70N4O10. The van der Waals surface area contributed by atoms with Gasteiger partial charge in [0, 0.05) is 86.3 Å². The first-order valence-electron chi connectivity index (χ1n) is 29.2. The molecular weight excluding hydrogens is 1060 g/mol. The second kappa shape index (κ2) is 25.5. The van der Waals surface area contributed by atoms with Crippen molar-refractivity contribution in [3.8, 4) is 23.0 Å². The Hall–Kier alpha value is -8.66. The van der Waals surface area contributed by atoms with Gasteiger partial charge < -0.3 is 48.6 Å². The monoisotopic (exact) mass is 1130 g/mol. The number of nitrogens with one attached hydrogen (secondary N) is 2. The fraction of sp³-hybridized carbons (Fsp3) is 0.286. The largest absolute Gasteiger partial charge is 0.493 e. The van der Waals surface area contributed by atoms with E-state index in [9.17, 15) is 19.8 Å². The summed E-state index contributed by atoms with van der Waals surface area (Å²) in [5.74, 6) is 0.508. The fourth-order valence-electron chi connectivity index (χ4n) is 11.8. The number of aliphatic hydroxyl groups is 2. The second-order valence-electron chi connectivity index (χ2n) is 22.3. The molecule has 0 spiro atoms. The number of piperidine rings is 2. The standard InChI is InChI=1S/C70H70N4O10/c75-67(83-59(47-81-65-15-7-13-63-61(65)25-33-71-63)45-73-35-29-69(77,30-36-73)55-21-17-53-43-57(23-19-51(53)41-55)79-39-27-49-9-3-1-4-10-49)68(76)84-60(48-82-66-16-8-14-64-62(66)26-34-72-64)46-74-37-31-70(78,32-38-74)56-22-18-54-44-58(24-20-52(54)42-56)80-40-28-50-11-5-2-6-12-50/h1-26,33-34,41-44,59-60,71-72,77-78H,27-32,35-40,45-48H2/t59-,60-/m0/s1. The van der Waals surface area contributed by atoms with E-state index >= 15 is 0 Å². The van der Waals surface area contributed by atoms with Gasteiger partial charge in [0.15, 0.2) is 0 Å². The third-order valence-electron chi connectivity index (χ3n) is 16.7. The molecule has 2 aliphatic rings. The number of aromatic amines is 2. The molecule has 84 heavy (non-hydrogen) atoms. The smallest absolute Gasteiger partial charge is 0.417 e. The zero-order valence-electron chi connectivity index (χ0n) is 47.0. The summed E-state index contributed by atoms with van der Waals surface area (Å²) in [7, 11) is 0. The lowest BCUT2D eigenvalue weighted by Crippen LogP contribution is -2.48. The van der Waals surface area contributed by atoms with Crippen molar-refractivity contribution >= 4 is 55.3 Å². The minimum atomic E-state index is -1.15. The Morgan fingerprint density at radius 2 is 0.857 bits per heavy atom. The summed E-state index contributed by atoms with van der Waals surface area (Å²) in [6.07, 6.45) is 5.29. The Morgan fingerprint density at radius 3 is 1.29 bits per heavy atom. The molecule has 2 aliphatic heterocycles. The fourth-order valence-corrected chi connectivity index (χ4v) is 11.8. The first-order valence-corrected chi connectivity index (χ1v) is 29.2. The van der Waals surface area contributed by atoms with Crippen molar-refractivity contribution in [1.82, 2.24) is 19.8 Å². The molecule has 14 heteroatoms. The molecule has 4 N–H and O–H groups in total. The molecule has 14 nitrogen and oxygen atoms in total. The predicted octanol–water partition coefficient (Wildman–Crippen LogP) is 11.4. The van der Waals surface area contributed by atoms with Gasteiger partial charge in [-0.1, -0.05) is 109 Å². The van der Waals surface area contributed by atoms with Gasteiger partial charge in [0.2, 0.25) is 0 Å². The summed E-state index contributed by atoms with van der Waals surface area (Å²) in [6, 6.07) is 60.0. The van der Waals surface area contributed by atoms with Crippen LogP contribution in [0.25, 0.3) is 43.4 Å².